The summed E-state index contributed by atoms with van der Waals surface area (Å²) in [6, 6.07) is 8.85. The fourth-order valence-corrected chi connectivity index (χ4v) is 4.48. The predicted molar refractivity (Wildman–Crippen MR) is 125 cm³/mol. The summed E-state index contributed by atoms with van der Waals surface area (Å²) >= 11 is 0. The van der Waals surface area contributed by atoms with Gasteiger partial charge in [0.15, 0.2) is 5.69 Å². The molecule has 3 aromatic rings. The number of nitrogens with one attached hydrogen (secondary N) is 1. The number of pyridine rings is 1. The number of rotatable bonds is 5. The molecule has 1 amide bonds. The van der Waals surface area contributed by atoms with Crippen LogP contribution in [0.25, 0.3) is 11.1 Å². The van der Waals surface area contributed by atoms with Crippen LogP contribution in [0.1, 0.15) is 35.0 Å². The van der Waals surface area contributed by atoms with Gasteiger partial charge in [0.05, 0.1) is 18.2 Å². The number of amides is 1. The maximum absolute atomic E-state index is 14.6. The van der Waals surface area contributed by atoms with Crippen LogP contribution in [0.15, 0.2) is 48.8 Å². The summed E-state index contributed by atoms with van der Waals surface area (Å²) in [4.78, 5) is 18.5. The van der Waals surface area contributed by atoms with Crippen LogP contribution in [-0.2, 0) is 13.2 Å². The number of hydrogen-bond acceptors (Lipinski definition) is 4. The van der Waals surface area contributed by atoms with E-state index in [9.17, 15) is 26.7 Å². The van der Waals surface area contributed by atoms with Crippen LogP contribution in [0, 0.1) is 12.8 Å². The zero-order valence-corrected chi connectivity index (χ0v) is 20.0. The molecule has 1 aliphatic heterocycles. The van der Waals surface area contributed by atoms with Crippen LogP contribution in [-0.4, -0.2) is 50.6 Å². The number of aromatic nitrogens is 3. The highest BCUT2D eigenvalue weighted by atomic mass is 19.4. The molecule has 4 rings (SSSR count). The van der Waals surface area contributed by atoms with E-state index in [0.717, 1.165) is 22.1 Å². The highest BCUT2D eigenvalue weighted by Gasteiger charge is 2.46. The lowest BCUT2D eigenvalue weighted by atomic mass is 9.88. The Kier molecular flexibility index (Phi) is 6.76. The summed E-state index contributed by atoms with van der Waals surface area (Å²) in [7, 11) is 1.65. The Hall–Kier alpha value is -3.50. The third kappa shape index (κ3) is 5.50. The van der Waals surface area contributed by atoms with Crippen molar-refractivity contribution in [2.45, 2.75) is 38.4 Å². The summed E-state index contributed by atoms with van der Waals surface area (Å²) < 4.78 is 69.1. The smallest absolute Gasteiger partial charge is 0.368 e. The number of alkyl halides is 5. The van der Waals surface area contributed by atoms with Gasteiger partial charge in [-0.1, -0.05) is 36.8 Å². The number of carbonyl (C=O) groups is 1. The number of piperidine rings is 1. The number of halogens is 5. The van der Waals surface area contributed by atoms with Gasteiger partial charge in [-0.3, -0.25) is 9.48 Å². The zero-order valence-electron chi connectivity index (χ0n) is 20.0. The number of likely N-dealkylation sites (tertiary alicyclic amines) is 1. The third-order valence-corrected chi connectivity index (χ3v) is 6.32. The van der Waals surface area contributed by atoms with Crippen LogP contribution in [0.5, 0.6) is 0 Å². The molecule has 192 valence electrons. The normalized spacial score (nSPS) is 19.8. The SMILES string of the molecule is Cc1ccc(-c2cn(C)nc2C(=O)N2CC(F)(F)CC(C)C2CNc2ccc(C(F)(F)F)cn2)cc1. The summed E-state index contributed by atoms with van der Waals surface area (Å²) in [5.74, 6) is -4.16. The molecule has 1 aliphatic rings. The quantitative estimate of drug-likeness (QED) is 0.470. The topological polar surface area (TPSA) is 63.1 Å². The molecule has 36 heavy (non-hydrogen) atoms. The van der Waals surface area contributed by atoms with Crippen molar-refractivity contribution in [2.24, 2.45) is 13.0 Å². The molecule has 0 spiro atoms. The third-order valence-electron chi connectivity index (χ3n) is 6.32. The molecule has 1 N–H and O–H groups in total. The average molecular weight is 508 g/mol. The van der Waals surface area contributed by atoms with Gasteiger partial charge in [-0.15, -0.1) is 0 Å². The summed E-state index contributed by atoms with van der Waals surface area (Å²) in [6.45, 7) is 2.81. The van der Waals surface area contributed by atoms with Crippen molar-refractivity contribution in [2.75, 3.05) is 18.4 Å². The fourth-order valence-electron chi connectivity index (χ4n) is 4.48. The monoisotopic (exact) mass is 507 g/mol. The Morgan fingerprint density at radius 1 is 1.17 bits per heavy atom. The number of anilines is 1. The summed E-state index contributed by atoms with van der Waals surface area (Å²) in [6.07, 6.45) is -2.57. The fraction of sp³-hybridized carbons (Fsp3) is 0.400. The molecule has 2 unspecified atom stereocenters. The minimum absolute atomic E-state index is 0.0358. The van der Waals surface area contributed by atoms with Gasteiger partial charge >= 0.3 is 6.18 Å². The predicted octanol–water partition coefficient (Wildman–Crippen LogP) is 5.41. The molecule has 6 nitrogen and oxygen atoms in total. The van der Waals surface area contributed by atoms with Crippen LogP contribution >= 0.6 is 0 Å². The van der Waals surface area contributed by atoms with E-state index in [2.05, 4.69) is 15.4 Å². The van der Waals surface area contributed by atoms with Gasteiger partial charge in [-0.25, -0.2) is 13.8 Å². The van der Waals surface area contributed by atoms with E-state index in [0.29, 0.717) is 11.8 Å². The lowest BCUT2D eigenvalue weighted by molar-refractivity contribution is -0.137. The molecule has 1 saturated heterocycles. The van der Waals surface area contributed by atoms with E-state index >= 15 is 0 Å². The zero-order chi connectivity index (χ0) is 26.3. The molecule has 1 fully saturated rings. The Balaban J connectivity index is 1.60. The van der Waals surface area contributed by atoms with Gasteiger partial charge in [0.1, 0.15) is 5.82 Å². The molecule has 0 bridgehead atoms. The van der Waals surface area contributed by atoms with Crippen molar-refractivity contribution in [3.05, 3.63) is 65.6 Å². The van der Waals surface area contributed by atoms with Gasteiger partial charge in [0.25, 0.3) is 11.8 Å². The molecular formula is C25H26F5N5O. The minimum atomic E-state index is -4.52. The van der Waals surface area contributed by atoms with Crippen molar-refractivity contribution < 1.29 is 26.7 Å². The van der Waals surface area contributed by atoms with E-state index in [1.165, 1.54) is 10.7 Å². The van der Waals surface area contributed by atoms with Crippen molar-refractivity contribution in [1.29, 1.82) is 0 Å². The van der Waals surface area contributed by atoms with Crippen molar-refractivity contribution in [1.82, 2.24) is 19.7 Å². The number of benzene rings is 1. The van der Waals surface area contributed by atoms with Crippen molar-refractivity contribution in [3.8, 4) is 11.1 Å². The van der Waals surface area contributed by atoms with Crippen LogP contribution in [0.4, 0.5) is 27.8 Å². The lowest BCUT2D eigenvalue weighted by Gasteiger charge is -2.43. The largest absolute Gasteiger partial charge is 0.417 e. The Morgan fingerprint density at radius 3 is 2.47 bits per heavy atom. The number of nitrogens with zero attached hydrogens (tertiary/aromatic N) is 4. The molecule has 0 radical (unpaired) electrons. The first-order valence-corrected chi connectivity index (χ1v) is 11.4. The highest BCUT2D eigenvalue weighted by molar-refractivity contribution is 5.99. The molecule has 2 aromatic heterocycles. The van der Waals surface area contributed by atoms with Crippen molar-refractivity contribution in [3.63, 3.8) is 0 Å². The van der Waals surface area contributed by atoms with Gasteiger partial charge in [0.2, 0.25) is 0 Å². The average Bonchev–Trinajstić information content (AvgIpc) is 3.19. The van der Waals surface area contributed by atoms with E-state index in [1.54, 1.807) is 20.2 Å². The second-order valence-electron chi connectivity index (χ2n) is 9.28. The summed E-state index contributed by atoms with van der Waals surface area (Å²) in [5, 5.41) is 7.19. The van der Waals surface area contributed by atoms with E-state index in [-0.39, 0.29) is 18.1 Å². The maximum Gasteiger partial charge on any atom is 0.417 e. The highest BCUT2D eigenvalue weighted by Crippen LogP contribution is 2.36. The second-order valence-corrected chi connectivity index (χ2v) is 9.28. The van der Waals surface area contributed by atoms with Gasteiger partial charge in [0, 0.05) is 38.0 Å². The van der Waals surface area contributed by atoms with E-state index in [4.69, 9.17) is 0 Å². The molecule has 1 aromatic carbocycles. The first kappa shape index (κ1) is 25.6. The van der Waals surface area contributed by atoms with Crippen LogP contribution in [0.3, 0.4) is 0 Å². The molecule has 11 heteroatoms. The minimum Gasteiger partial charge on any atom is -0.368 e. The molecule has 0 aliphatic carbocycles. The Bertz CT molecular complexity index is 1220. The standard InChI is InChI=1S/C25H26F5N5O/c1-15-4-6-17(7-5-15)19-13-34(3)33-22(19)23(36)35-14-24(26,27)10-16(2)20(35)12-32-21-9-8-18(11-31-21)25(28,29)30/h4-9,11,13,16,20H,10,12,14H2,1-3H3,(H,31,32). The van der Waals surface area contributed by atoms with Gasteiger partial charge in [-0.05, 0) is 30.5 Å². The number of aryl methyl sites for hydroxylation is 2. The van der Waals surface area contributed by atoms with Crippen LogP contribution in [0.2, 0.25) is 0 Å². The first-order valence-electron chi connectivity index (χ1n) is 11.4. The van der Waals surface area contributed by atoms with E-state index < -0.39 is 48.5 Å². The Morgan fingerprint density at radius 2 is 1.86 bits per heavy atom. The molecule has 0 saturated carbocycles. The van der Waals surface area contributed by atoms with E-state index in [1.807, 2.05) is 31.2 Å². The first-order chi connectivity index (χ1) is 16.8. The summed E-state index contributed by atoms with van der Waals surface area (Å²) in [5.41, 5.74) is 1.46. The molecule has 3 heterocycles. The van der Waals surface area contributed by atoms with Gasteiger partial charge in [-0.2, -0.15) is 18.3 Å². The lowest BCUT2D eigenvalue weighted by Crippen LogP contribution is -2.57. The number of carbonyl (C=O) groups excluding carboxylic acids is 1. The van der Waals surface area contributed by atoms with Crippen molar-refractivity contribution >= 4 is 11.7 Å². The number of hydrogen-bond donors (Lipinski definition) is 1. The van der Waals surface area contributed by atoms with Gasteiger partial charge < -0.3 is 10.2 Å². The molecular weight excluding hydrogens is 481 g/mol. The van der Waals surface area contributed by atoms with Crippen LogP contribution < -0.4 is 5.32 Å². The second kappa shape index (κ2) is 9.51. The molecule has 2 atom stereocenters. The Labute approximate surface area is 205 Å². The maximum atomic E-state index is 14.6.